The maximum atomic E-state index is 4.33. The lowest BCUT2D eigenvalue weighted by Gasteiger charge is -2.33. The van der Waals surface area contributed by atoms with Crippen LogP contribution in [0.2, 0.25) is 0 Å². The van der Waals surface area contributed by atoms with Crippen LogP contribution >= 0.6 is 0 Å². The summed E-state index contributed by atoms with van der Waals surface area (Å²) in [6.07, 6.45) is 6.24. The van der Waals surface area contributed by atoms with E-state index >= 15 is 0 Å². The third-order valence-electron chi connectivity index (χ3n) is 5.00. The van der Waals surface area contributed by atoms with Crippen LogP contribution in [0.3, 0.4) is 0 Å². The number of benzene rings is 1. The van der Waals surface area contributed by atoms with Crippen LogP contribution < -0.4 is 5.32 Å². The highest BCUT2D eigenvalue weighted by atomic mass is 15.1. The number of nitrogens with zero attached hydrogens (tertiary/aromatic N) is 2. The van der Waals surface area contributed by atoms with Crippen molar-refractivity contribution >= 4 is 0 Å². The number of nitrogens with one attached hydrogen (secondary N) is 1. The molecule has 2 aromatic rings. The normalized spacial score (nSPS) is 18.0. The lowest BCUT2D eigenvalue weighted by atomic mass is 9.94. The van der Waals surface area contributed by atoms with E-state index in [-0.39, 0.29) is 6.04 Å². The summed E-state index contributed by atoms with van der Waals surface area (Å²) in [6, 6.07) is 11.8. The smallest absolute Gasteiger partial charge is 0.0594 e. The van der Waals surface area contributed by atoms with Gasteiger partial charge in [-0.25, -0.2) is 0 Å². The third kappa shape index (κ3) is 3.98. The van der Waals surface area contributed by atoms with Gasteiger partial charge in [-0.3, -0.25) is 4.98 Å². The van der Waals surface area contributed by atoms with Crippen LogP contribution in [-0.2, 0) is 0 Å². The lowest BCUT2D eigenvalue weighted by Crippen LogP contribution is -2.42. The number of rotatable bonds is 4. The van der Waals surface area contributed by atoms with Gasteiger partial charge < -0.3 is 10.2 Å². The highest BCUT2D eigenvalue weighted by Gasteiger charge is 2.22. The van der Waals surface area contributed by atoms with E-state index in [1.54, 1.807) is 0 Å². The summed E-state index contributed by atoms with van der Waals surface area (Å²) < 4.78 is 0. The molecule has 3 heteroatoms. The molecule has 0 saturated carbocycles. The average Bonchev–Trinajstić information content (AvgIpc) is 2.58. The summed E-state index contributed by atoms with van der Waals surface area (Å²) in [5.41, 5.74) is 5.27. The Balaban J connectivity index is 1.86. The molecule has 3 nitrogen and oxygen atoms in total. The fraction of sp³-hybridized carbons (Fsp3) is 0.450. The van der Waals surface area contributed by atoms with Crippen molar-refractivity contribution in [2.75, 3.05) is 20.1 Å². The topological polar surface area (TPSA) is 28.2 Å². The number of aromatic nitrogens is 1. The van der Waals surface area contributed by atoms with Gasteiger partial charge in [-0.05, 0) is 75.1 Å². The predicted molar refractivity (Wildman–Crippen MR) is 95.7 cm³/mol. The first-order valence-electron chi connectivity index (χ1n) is 8.55. The highest BCUT2D eigenvalue weighted by Crippen LogP contribution is 2.25. The Hall–Kier alpha value is -1.71. The van der Waals surface area contributed by atoms with Crippen LogP contribution in [0.4, 0.5) is 0 Å². The van der Waals surface area contributed by atoms with Gasteiger partial charge in [-0.2, -0.15) is 0 Å². The maximum absolute atomic E-state index is 4.33. The summed E-state index contributed by atoms with van der Waals surface area (Å²) in [6.45, 7) is 6.70. The molecule has 1 N–H and O–H groups in total. The van der Waals surface area contributed by atoms with E-state index in [1.807, 2.05) is 18.5 Å². The van der Waals surface area contributed by atoms with Gasteiger partial charge in [0.05, 0.1) is 6.04 Å². The summed E-state index contributed by atoms with van der Waals surface area (Å²) in [4.78, 5) is 6.74. The molecule has 0 radical (unpaired) electrons. The molecule has 0 aliphatic carbocycles. The van der Waals surface area contributed by atoms with Gasteiger partial charge in [0.15, 0.2) is 0 Å². The first-order valence-corrected chi connectivity index (χ1v) is 8.55. The molecule has 2 heterocycles. The Morgan fingerprint density at radius 3 is 2.52 bits per heavy atom. The highest BCUT2D eigenvalue weighted by molar-refractivity contribution is 5.36. The molecule has 23 heavy (non-hydrogen) atoms. The minimum Gasteiger partial charge on any atom is -0.306 e. The Morgan fingerprint density at radius 1 is 1.09 bits per heavy atom. The Morgan fingerprint density at radius 2 is 1.87 bits per heavy atom. The van der Waals surface area contributed by atoms with E-state index < -0.39 is 0 Å². The monoisotopic (exact) mass is 309 g/mol. The predicted octanol–water partition coefficient (Wildman–Crippen LogP) is 3.47. The molecule has 1 saturated heterocycles. The molecule has 1 atom stereocenters. The second-order valence-corrected chi connectivity index (χ2v) is 6.81. The molecule has 1 aliphatic heterocycles. The number of likely N-dealkylation sites (tertiary alicyclic amines) is 1. The fourth-order valence-electron chi connectivity index (χ4n) is 3.29. The quantitative estimate of drug-likeness (QED) is 0.937. The second kappa shape index (κ2) is 7.24. The largest absolute Gasteiger partial charge is 0.306 e. The van der Waals surface area contributed by atoms with Gasteiger partial charge in [0.1, 0.15) is 0 Å². The SMILES string of the molecule is Cc1ccc([C@H](NC2CCN(C)CC2)c2cccnc2)cc1C. The number of hydrogen-bond acceptors (Lipinski definition) is 3. The van der Waals surface area contributed by atoms with E-state index in [2.05, 4.69) is 60.4 Å². The average molecular weight is 309 g/mol. The first-order chi connectivity index (χ1) is 11.1. The molecule has 1 aromatic heterocycles. The Bertz CT molecular complexity index is 631. The zero-order chi connectivity index (χ0) is 16.2. The fourth-order valence-corrected chi connectivity index (χ4v) is 3.29. The number of hydrogen-bond donors (Lipinski definition) is 1. The van der Waals surface area contributed by atoms with Crippen LogP contribution in [0.15, 0.2) is 42.7 Å². The van der Waals surface area contributed by atoms with Crippen LogP contribution in [0.25, 0.3) is 0 Å². The van der Waals surface area contributed by atoms with Crippen molar-refractivity contribution in [2.45, 2.75) is 38.8 Å². The minimum absolute atomic E-state index is 0.219. The molecule has 3 rings (SSSR count). The Kier molecular flexibility index (Phi) is 5.09. The van der Waals surface area contributed by atoms with Gasteiger partial charge in [-0.1, -0.05) is 24.3 Å². The molecule has 0 spiro atoms. The van der Waals surface area contributed by atoms with Crippen LogP contribution in [-0.4, -0.2) is 36.1 Å². The minimum atomic E-state index is 0.219. The molecule has 0 amide bonds. The molecular formula is C20H27N3. The van der Waals surface area contributed by atoms with Crippen molar-refractivity contribution in [2.24, 2.45) is 0 Å². The van der Waals surface area contributed by atoms with Crippen LogP contribution in [0.1, 0.15) is 41.1 Å². The van der Waals surface area contributed by atoms with E-state index in [4.69, 9.17) is 0 Å². The number of piperidine rings is 1. The number of pyridine rings is 1. The lowest BCUT2D eigenvalue weighted by molar-refractivity contribution is 0.229. The standard InChI is InChI=1S/C20H27N3/c1-15-6-7-17(13-16(15)2)20(18-5-4-10-21-14-18)22-19-8-11-23(3)12-9-19/h4-7,10,13-14,19-20,22H,8-9,11-12H2,1-3H3/t20-/m0/s1. The maximum Gasteiger partial charge on any atom is 0.0594 e. The number of aryl methyl sites for hydroxylation is 2. The molecule has 122 valence electrons. The van der Waals surface area contributed by atoms with Crippen molar-refractivity contribution in [1.82, 2.24) is 15.2 Å². The zero-order valence-electron chi connectivity index (χ0n) is 14.4. The summed E-state index contributed by atoms with van der Waals surface area (Å²) >= 11 is 0. The first kappa shape index (κ1) is 16.2. The van der Waals surface area contributed by atoms with Gasteiger partial charge >= 0.3 is 0 Å². The molecular weight excluding hydrogens is 282 g/mol. The van der Waals surface area contributed by atoms with Gasteiger partial charge in [-0.15, -0.1) is 0 Å². The van der Waals surface area contributed by atoms with E-state index in [0.717, 1.165) is 0 Å². The zero-order valence-corrected chi connectivity index (χ0v) is 14.4. The van der Waals surface area contributed by atoms with Crippen molar-refractivity contribution in [3.05, 3.63) is 65.0 Å². The van der Waals surface area contributed by atoms with Crippen molar-refractivity contribution < 1.29 is 0 Å². The Labute approximate surface area is 139 Å². The van der Waals surface area contributed by atoms with E-state index in [9.17, 15) is 0 Å². The van der Waals surface area contributed by atoms with Crippen molar-refractivity contribution in [3.8, 4) is 0 Å². The van der Waals surface area contributed by atoms with Crippen LogP contribution in [0.5, 0.6) is 0 Å². The van der Waals surface area contributed by atoms with Gasteiger partial charge in [0.25, 0.3) is 0 Å². The summed E-state index contributed by atoms with van der Waals surface area (Å²) in [5, 5.41) is 3.89. The molecule has 0 unspecified atom stereocenters. The van der Waals surface area contributed by atoms with E-state index in [1.165, 1.54) is 48.2 Å². The van der Waals surface area contributed by atoms with E-state index in [0.29, 0.717) is 6.04 Å². The molecule has 1 fully saturated rings. The van der Waals surface area contributed by atoms with Gasteiger partial charge in [0, 0.05) is 18.4 Å². The van der Waals surface area contributed by atoms with Crippen molar-refractivity contribution in [3.63, 3.8) is 0 Å². The van der Waals surface area contributed by atoms with Crippen LogP contribution in [0, 0.1) is 13.8 Å². The molecule has 0 bridgehead atoms. The second-order valence-electron chi connectivity index (χ2n) is 6.81. The van der Waals surface area contributed by atoms with Crippen molar-refractivity contribution in [1.29, 1.82) is 0 Å². The third-order valence-corrected chi connectivity index (χ3v) is 5.00. The molecule has 1 aromatic carbocycles. The molecule has 1 aliphatic rings. The van der Waals surface area contributed by atoms with Gasteiger partial charge in [0.2, 0.25) is 0 Å². The summed E-state index contributed by atoms with van der Waals surface area (Å²) in [7, 11) is 2.21. The summed E-state index contributed by atoms with van der Waals surface area (Å²) in [5.74, 6) is 0.